The van der Waals surface area contributed by atoms with Crippen LogP contribution in [0, 0.1) is 0 Å². The number of nitrogens with zero attached hydrogens (tertiary/aromatic N) is 1. The fourth-order valence-corrected chi connectivity index (χ4v) is 4.36. The Morgan fingerprint density at radius 3 is 2.50 bits per heavy atom. The van der Waals surface area contributed by atoms with Crippen LogP contribution in [-0.2, 0) is 11.2 Å². The molecule has 0 aliphatic carbocycles. The highest BCUT2D eigenvalue weighted by atomic mass is 16.5. The van der Waals surface area contributed by atoms with Crippen LogP contribution in [0.25, 0.3) is 28.0 Å². The van der Waals surface area contributed by atoms with Crippen molar-refractivity contribution in [3.8, 4) is 22.6 Å². The van der Waals surface area contributed by atoms with Crippen molar-refractivity contribution < 1.29 is 14.3 Å². The number of methoxy groups -OCH3 is 2. The number of pyridine rings is 1. The van der Waals surface area contributed by atoms with Crippen LogP contribution in [0.2, 0.25) is 0 Å². The van der Waals surface area contributed by atoms with Gasteiger partial charge in [0.1, 0.15) is 11.5 Å². The molecule has 0 spiro atoms. The molecule has 0 fully saturated rings. The van der Waals surface area contributed by atoms with E-state index in [2.05, 4.69) is 28.5 Å². The van der Waals surface area contributed by atoms with Gasteiger partial charge in [-0.25, -0.2) is 0 Å². The zero-order valence-corrected chi connectivity index (χ0v) is 21.0. The summed E-state index contributed by atoms with van der Waals surface area (Å²) in [7, 11) is 3.33. The second-order valence-electron chi connectivity index (χ2n) is 8.84. The highest BCUT2D eigenvalue weighted by Crippen LogP contribution is 2.35. The molecule has 5 nitrogen and oxygen atoms in total. The number of ether oxygens (including phenoxy) is 2. The van der Waals surface area contributed by atoms with Crippen LogP contribution in [0.15, 0.2) is 85.2 Å². The molecule has 0 aliphatic heterocycles. The Labute approximate surface area is 212 Å². The van der Waals surface area contributed by atoms with E-state index in [-0.39, 0.29) is 11.9 Å². The van der Waals surface area contributed by atoms with Crippen molar-refractivity contribution in [1.82, 2.24) is 10.3 Å². The molecular formula is C31H32N2O3. The average molecular weight is 481 g/mol. The summed E-state index contributed by atoms with van der Waals surface area (Å²) >= 11 is 0. The van der Waals surface area contributed by atoms with E-state index in [1.165, 1.54) is 5.56 Å². The van der Waals surface area contributed by atoms with E-state index in [0.29, 0.717) is 0 Å². The monoisotopic (exact) mass is 480 g/mol. The first-order valence-electron chi connectivity index (χ1n) is 12.2. The summed E-state index contributed by atoms with van der Waals surface area (Å²) in [6, 6.07) is 22.3. The molecule has 1 heterocycles. The third-order valence-electron chi connectivity index (χ3n) is 6.27. The first-order chi connectivity index (χ1) is 17.6. The third-order valence-corrected chi connectivity index (χ3v) is 6.27. The molecule has 0 saturated carbocycles. The number of benzene rings is 3. The predicted molar refractivity (Wildman–Crippen MR) is 146 cm³/mol. The molecule has 1 atom stereocenters. The Morgan fingerprint density at radius 2 is 1.78 bits per heavy atom. The third kappa shape index (κ3) is 6.30. The van der Waals surface area contributed by atoms with Crippen LogP contribution >= 0.6 is 0 Å². The standard InChI is InChI=1S/C31H32N2O3/c1-22(6-4-7-23-8-5-19-32-21-23)33-30(34)18-13-24-9-10-26-20-28(36-3)16-17-29(26)31(24)25-11-14-27(35-2)15-12-25/h5,8-22H,4,6-7H2,1-3H3,(H,33,34)/b18-13+/t22-/m0/s1. The van der Waals surface area contributed by atoms with Crippen LogP contribution in [0.3, 0.4) is 0 Å². The van der Waals surface area contributed by atoms with Crippen molar-refractivity contribution in [2.75, 3.05) is 14.2 Å². The smallest absolute Gasteiger partial charge is 0.244 e. The summed E-state index contributed by atoms with van der Waals surface area (Å²) in [5, 5.41) is 5.25. The van der Waals surface area contributed by atoms with E-state index in [1.54, 1.807) is 26.5 Å². The number of fused-ring (bicyclic) bond motifs is 1. The summed E-state index contributed by atoms with van der Waals surface area (Å²) < 4.78 is 10.7. The second-order valence-corrected chi connectivity index (χ2v) is 8.84. The molecular weight excluding hydrogens is 448 g/mol. The summed E-state index contributed by atoms with van der Waals surface area (Å²) in [5.74, 6) is 1.51. The van der Waals surface area contributed by atoms with Crippen molar-refractivity contribution in [3.63, 3.8) is 0 Å². The number of amides is 1. The largest absolute Gasteiger partial charge is 0.497 e. The lowest BCUT2D eigenvalue weighted by Gasteiger charge is -2.14. The molecule has 36 heavy (non-hydrogen) atoms. The Balaban J connectivity index is 1.51. The number of carbonyl (C=O) groups excluding carboxylic acids is 1. The normalized spacial score (nSPS) is 12.0. The van der Waals surface area contributed by atoms with Crippen LogP contribution in [0.4, 0.5) is 0 Å². The van der Waals surface area contributed by atoms with Gasteiger partial charge >= 0.3 is 0 Å². The molecule has 0 aliphatic rings. The van der Waals surface area contributed by atoms with E-state index < -0.39 is 0 Å². The lowest BCUT2D eigenvalue weighted by atomic mass is 9.92. The van der Waals surface area contributed by atoms with E-state index in [0.717, 1.165) is 58.2 Å². The number of rotatable bonds is 10. The van der Waals surface area contributed by atoms with Gasteiger partial charge in [-0.2, -0.15) is 0 Å². The lowest BCUT2D eigenvalue weighted by Crippen LogP contribution is -2.31. The molecule has 1 amide bonds. The fraction of sp³-hybridized carbons (Fsp3) is 0.226. The molecule has 1 aromatic heterocycles. The van der Waals surface area contributed by atoms with Gasteiger partial charge in [-0.05, 0) is 95.6 Å². The summed E-state index contributed by atoms with van der Waals surface area (Å²) in [6.45, 7) is 2.04. The number of hydrogen-bond acceptors (Lipinski definition) is 4. The Kier molecular flexibility index (Phi) is 8.35. The molecule has 184 valence electrons. The number of carbonyl (C=O) groups is 1. The Morgan fingerprint density at radius 1 is 1.00 bits per heavy atom. The van der Waals surface area contributed by atoms with Gasteiger partial charge in [0.2, 0.25) is 5.91 Å². The zero-order valence-electron chi connectivity index (χ0n) is 21.0. The SMILES string of the molecule is COc1ccc(-c2c(/C=C/C(=O)N[C@@H](C)CCCc3cccnc3)ccc3cc(OC)ccc23)cc1. The molecule has 0 saturated heterocycles. The maximum absolute atomic E-state index is 12.7. The van der Waals surface area contributed by atoms with Gasteiger partial charge in [-0.1, -0.05) is 36.4 Å². The minimum absolute atomic E-state index is 0.0870. The van der Waals surface area contributed by atoms with Crippen molar-refractivity contribution in [3.05, 3.63) is 96.3 Å². The van der Waals surface area contributed by atoms with E-state index in [1.807, 2.05) is 67.7 Å². The van der Waals surface area contributed by atoms with Crippen molar-refractivity contribution in [2.24, 2.45) is 0 Å². The van der Waals surface area contributed by atoms with Crippen LogP contribution in [0.5, 0.6) is 11.5 Å². The average Bonchev–Trinajstić information content (AvgIpc) is 2.92. The second kappa shape index (κ2) is 12.0. The molecule has 3 aromatic carbocycles. The quantitative estimate of drug-likeness (QED) is 0.265. The van der Waals surface area contributed by atoms with Crippen molar-refractivity contribution in [2.45, 2.75) is 32.2 Å². The summed E-state index contributed by atoms with van der Waals surface area (Å²) in [5.41, 5.74) is 4.30. The van der Waals surface area contributed by atoms with Gasteiger partial charge in [0, 0.05) is 24.5 Å². The van der Waals surface area contributed by atoms with E-state index in [4.69, 9.17) is 9.47 Å². The molecule has 0 unspecified atom stereocenters. The Bertz CT molecular complexity index is 1330. The van der Waals surface area contributed by atoms with Gasteiger partial charge in [0.15, 0.2) is 0 Å². The van der Waals surface area contributed by atoms with Gasteiger partial charge in [0.25, 0.3) is 0 Å². The van der Waals surface area contributed by atoms with Crippen molar-refractivity contribution >= 4 is 22.8 Å². The highest BCUT2D eigenvalue weighted by Gasteiger charge is 2.11. The first kappa shape index (κ1) is 25.0. The van der Waals surface area contributed by atoms with Gasteiger partial charge < -0.3 is 14.8 Å². The molecule has 4 aromatic rings. The minimum Gasteiger partial charge on any atom is -0.497 e. The maximum Gasteiger partial charge on any atom is 0.244 e. The molecule has 0 radical (unpaired) electrons. The topological polar surface area (TPSA) is 60.5 Å². The van der Waals surface area contributed by atoms with Crippen LogP contribution in [-0.4, -0.2) is 31.2 Å². The number of aryl methyl sites for hydroxylation is 1. The van der Waals surface area contributed by atoms with E-state index >= 15 is 0 Å². The molecule has 0 bridgehead atoms. The van der Waals surface area contributed by atoms with Gasteiger partial charge in [-0.3, -0.25) is 9.78 Å². The zero-order chi connectivity index (χ0) is 25.3. The number of hydrogen-bond donors (Lipinski definition) is 1. The van der Waals surface area contributed by atoms with E-state index in [9.17, 15) is 4.79 Å². The van der Waals surface area contributed by atoms with Crippen LogP contribution < -0.4 is 14.8 Å². The molecule has 1 N–H and O–H groups in total. The lowest BCUT2D eigenvalue weighted by molar-refractivity contribution is -0.117. The summed E-state index contributed by atoms with van der Waals surface area (Å²) in [4.78, 5) is 16.9. The number of aromatic nitrogens is 1. The minimum atomic E-state index is -0.0978. The van der Waals surface area contributed by atoms with Crippen molar-refractivity contribution in [1.29, 1.82) is 0 Å². The fourth-order valence-electron chi connectivity index (χ4n) is 4.36. The molecule has 5 heteroatoms. The predicted octanol–water partition coefficient (Wildman–Crippen LogP) is 6.46. The van der Waals surface area contributed by atoms with Gasteiger partial charge in [0.05, 0.1) is 14.2 Å². The maximum atomic E-state index is 12.7. The highest BCUT2D eigenvalue weighted by molar-refractivity contribution is 6.03. The molecule has 4 rings (SSSR count). The number of nitrogens with one attached hydrogen (secondary N) is 1. The Hall–Kier alpha value is -4.12. The van der Waals surface area contributed by atoms with Crippen LogP contribution in [0.1, 0.15) is 30.9 Å². The van der Waals surface area contributed by atoms with Gasteiger partial charge in [-0.15, -0.1) is 0 Å². The first-order valence-corrected chi connectivity index (χ1v) is 12.2. The summed E-state index contributed by atoms with van der Waals surface area (Å²) in [6.07, 6.45) is 10.0.